The molecule has 0 heterocycles. The molecular formula is C13H19NO. The van der Waals surface area contributed by atoms with Crippen LogP contribution in [0.4, 0.5) is 0 Å². The summed E-state index contributed by atoms with van der Waals surface area (Å²) in [5, 5.41) is 0. The lowest BCUT2D eigenvalue weighted by Crippen LogP contribution is -2.21. The molecule has 82 valence electrons. The van der Waals surface area contributed by atoms with Gasteiger partial charge in [0.2, 0.25) is 0 Å². The Balaban J connectivity index is 2.38. The maximum atomic E-state index is 5.88. The Kier molecular flexibility index (Phi) is 2.47. The fourth-order valence-corrected chi connectivity index (χ4v) is 2.42. The summed E-state index contributed by atoms with van der Waals surface area (Å²) in [6.07, 6.45) is 1.20. The Morgan fingerprint density at radius 1 is 1.53 bits per heavy atom. The third-order valence-electron chi connectivity index (χ3n) is 3.80. The molecule has 1 saturated carbocycles. The van der Waals surface area contributed by atoms with Gasteiger partial charge in [-0.05, 0) is 36.5 Å². The molecule has 1 aromatic carbocycles. The molecule has 0 aromatic heterocycles. The molecule has 1 fully saturated rings. The summed E-state index contributed by atoms with van der Waals surface area (Å²) >= 11 is 0. The van der Waals surface area contributed by atoms with Crippen molar-refractivity contribution in [3.8, 4) is 5.75 Å². The van der Waals surface area contributed by atoms with Gasteiger partial charge in [0.05, 0.1) is 7.11 Å². The predicted octanol–water partition coefficient (Wildman–Crippen LogP) is 2.24. The lowest BCUT2D eigenvalue weighted by Gasteiger charge is -2.16. The number of rotatable bonds is 3. The molecule has 0 amide bonds. The summed E-state index contributed by atoms with van der Waals surface area (Å²) in [5.41, 5.74) is 8.62. The van der Waals surface area contributed by atoms with E-state index in [-0.39, 0.29) is 5.41 Å². The third kappa shape index (κ3) is 1.53. The molecule has 0 aliphatic heterocycles. The van der Waals surface area contributed by atoms with Crippen molar-refractivity contribution < 1.29 is 4.74 Å². The fraction of sp³-hybridized carbons (Fsp3) is 0.538. The Hall–Kier alpha value is -1.02. The van der Waals surface area contributed by atoms with E-state index in [1.165, 1.54) is 17.5 Å². The number of benzene rings is 1. The van der Waals surface area contributed by atoms with Crippen molar-refractivity contribution in [1.29, 1.82) is 0 Å². The maximum Gasteiger partial charge on any atom is 0.122 e. The highest BCUT2D eigenvalue weighted by Gasteiger charge is 2.51. The van der Waals surface area contributed by atoms with E-state index in [9.17, 15) is 0 Å². The molecule has 0 bridgehead atoms. The second kappa shape index (κ2) is 3.53. The summed E-state index contributed by atoms with van der Waals surface area (Å²) < 4.78 is 5.35. The van der Waals surface area contributed by atoms with Gasteiger partial charge in [-0.2, -0.15) is 0 Å². The van der Waals surface area contributed by atoms with Gasteiger partial charge < -0.3 is 10.5 Å². The molecule has 1 aliphatic carbocycles. The Morgan fingerprint density at radius 3 is 2.67 bits per heavy atom. The average Bonchev–Trinajstić information content (AvgIpc) is 2.91. The molecule has 0 saturated heterocycles. The first-order valence-corrected chi connectivity index (χ1v) is 5.49. The minimum atomic E-state index is 0.223. The van der Waals surface area contributed by atoms with Crippen LogP contribution < -0.4 is 10.5 Å². The quantitative estimate of drug-likeness (QED) is 0.821. The minimum Gasteiger partial charge on any atom is -0.496 e. The molecular weight excluding hydrogens is 186 g/mol. The van der Waals surface area contributed by atoms with Gasteiger partial charge in [0.1, 0.15) is 5.75 Å². The average molecular weight is 205 g/mol. The van der Waals surface area contributed by atoms with Gasteiger partial charge in [-0.15, -0.1) is 0 Å². The van der Waals surface area contributed by atoms with Gasteiger partial charge >= 0.3 is 0 Å². The lowest BCUT2D eigenvalue weighted by molar-refractivity contribution is 0.410. The van der Waals surface area contributed by atoms with E-state index in [1.54, 1.807) is 7.11 Å². The van der Waals surface area contributed by atoms with Crippen LogP contribution in [0, 0.1) is 12.8 Å². The molecule has 1 aliphatic rings. The van der Waals surface area contributed by atoms with Crippen LogP contribution in [0.25, 0.3) is 0 Å². The van der Waals surface area contributed by atoms with Gasteiger partial charge in [-0.25, -0.2) is 0 Å². The van der Waals surface area contributed by atoms with Gasteiger partial charge in [0.25, 0.3) is 0 Å². The number of methoxy groups -OCH3 is 1. The SMILES string of the molecule is COc1cc(C2(CN)CC2C)ccc1C. The van der Waals surface area contributed by atoms with E-state index < -0.39 is 0 Å². The van der Waals surface area contributed by atoms with Gasteiger partial charge in [0.15, 0.2) is 0 Å². The van der Waals surface area contributed by atoms with E-state index in [4.69, 9.17) is 10.5 Å². The number of hydrogen-bond acceptors (Lipinski definition) is 2. The molecule has 1 aromatic rings. The minimum absolute atomic E-state index is 0.223. The highest BCUT2D eigenvalue weighted by Crippen LogP contribution is 2.53. The number of aryl methyl sites for hydroxylation is 1. The largest absolute Gasteiger partial charge is 0.496 e. The molecule has 15 heavy (non-hydrogen) atoms. The van der Waals surface area contributed by atoms with E-state index in [2.05, 4.69) is 32.0 Å². The molecule has 2 unspecified atom stereocenters. The second-order valence-electron chi connectivity index (χ2n) is 4.65. The van der Waals surface area contributed by atoms with Crippen LogP contribution >= 0.6 is 0 Å². The fourth-order valence-electron chi connectivity index (χ4n) is 2.42. The highest BCUT2D eigenvalue weighted by atomic mass is 16.5. The van der Waals surface area contributed by atoms with Crippen molar-refractivity contribution >= 4 is 0 Å². The van der Waals surface area contributed by atoms with Gasteiger partial charge in [-0.3, -0.25) is 0 Å². The summed E-state index contributed by atoms with van der Waals surface area (Å²) in [5.74, 6) is 1.68. The zero-order valence-corrected chi connectivity index (χ0v) is 9.71. The number of ether oxygens (including phenoxy) is 1. The highest BCUT2D eigenvalue weighted by molar-refractivity contribution is 5.43. The van der Waals surface area contributed by atoms with Crippen molar-refractivity contribution in [3.63, 3.8) is 0 Å². The zero-order valence-electron chi connectivity index (χ0n) is 9.71. The smallest absolute Gasteiger partial charge is 0.122 e. The monoisotopic (exact) mass is 205 g/mol. The standard InChI is InChI=1S/C13H19NO/c1-9-4-5-11(6-12(9)15-3)13(8-14)7-10(13)2/h4-6,10H,7-8,14H2,1-3H3. The second-order valence-corrected chi connectivity index (χ2v) is 4.65. The first-order chi connectivity index (χ1) is 7.14. The molecule has 0 radical (unpaired) electrons. The zero-order chi connectivity index (χ0) is 11.1. The van der Waals surface area contributed by atoms with Crippen LogP contribution in [0.1, 0.15) is 24.5 Å². The van der Waals surface area contributed by atoms with Crippen molar-refractivity contribution in [2.75, 3.05) is 13.7 Å². The molecule has 2 heteroatoms. The first-order valence-electron chi connectivity index (χ1n) is 5.49. The third-order valence-corrected chi connectivity index (χ3v) is 3.80. The van der Waals surface area contributed by atoms with Gasteiger partial charge in [0, 0.05) is 12.0 Å². The van der Waals surface area contributed by atoms with Crippen LogP contribution in [0.3, 0.4) is 0 Å². The summed E-state index contributed by atoms with van der Waals surface area (Å²) in [7, 11) is 1.72. The molecule has 2 atom stereocenters. The summed E-state index contributed by atoms with van der Waals surface area (Å²) in [4.78, 5) is 0. The lowest BCUT2D eigenvalue weighted by atomic mass is 9.92. The normalized spacial score (nSPS) is 28.9. The molecule has 2 nitrogen and oxygen atoms in total. The van der Waals surface area contributed by atoms with Crippen LogP contribution in [-0.2, 0) is 5.41 Å². The molecule has 0 spiro atoms. The van der Waals surface area contributed by atoms with Crippen molar-refractivity contribution in [2.45, 2.75) is 25.7 Å². The van der Waals surface area contributed by atoms with E-state index >= 15 is 0 Å². The van der Waals surface area contributed by atoms with Crippen LogP contribution in [0.5, 0.6) is 5.75 Å². The Morgan fingerprint density at radius 2 is 2.20 bits per heavy atom. The van der Waals surface area contributed by atoms with Crippen molar-refractivity contribution in [2.24, 2.45) is 11.7 Å². The Bertz CT molecular complexity index is 371. The van der Waals surface area contributed by atoms with Crippen molar-refractivity contribution in [3.05, 3.63) is 29.3 Å². The van der Waals surface area contributed by atoms with Crippen LogP contribution in [-0.4, -0.2) is 13.7 Å². The van der Waals surface area contributed by atoms with Gasteiger partial charge in [-0.1, -0.05) is 19.1 Å². The predicted molar refractivity (Wildman–Crippen MR) is 62.2 cm³/mol. The first kappa shape index (κ1) is 10.5. The molecule has 2 N–H and O–H groups in total. The Labute approximate surface area is 91.4 Å². The maximum absolute atomic E-state index is 5.88. The van der Waals surface area contributed by atoms with E-state index in [0.29, 0.717) is 5.92 Å². The van der Waals surface area contributed by atoms with Crippen molar-refractivity contribution in [1.82, 2.24) is 0 Å². The topological polar surface area (TPSA) is 35.2 Å². The summed E-state index contributed by atoms with van der Waals surface area (Å²) in [6, 6.07) is 6.45. The van der Waals surface area contributed by atoms with Crippen LogP contribution in [0.2, 0.25) is 0 Å². The number of hydrogen-bond donors (Lipinski definition) is 1. The summed E-state index contributed by atoms with van der Waals surface area (Å²) in [6.45, 7) is 5.06. The number of nitrogens with two attached hydrogens (primary N) is 1. The van der Waals surface area contributed by atoms with Crippen LogP contribution in [0.15, 0.2) is 18.2 Å². The molecule has 2 rings (SSSR count). The van der Waals surface area contributed by atoms with E-state index in [1.807, 2.05) is 0 Å². The van der Waals surface area contributed by atoms with E-state index in [0.717, 1.165) is 12.3 Å².